The van der Waals surface area contributed by atoms with Crippen LogP contribution in [0.5, 0.6) is 0 Å². The molecular weight excluding hydrogens is 284 g/mol. The fourth-order valence-electron chi connectivity index (χ4n) is 4.45. The fraction of sp³-hybridized carbons (Fsp3) is 0.941. The van der Waals surface area contributed by atoms with Gasteiger partial charge in [-0.05, 0) is 62.9 Å². The molecule has 0 aromatic heterocycles. The molecule has 2 saturated heterocycles. The minimum Gasteiger partial charge on any atom is -0.343 e. The second-order valence-electron chi connectivity index (χ2n) is 7.34. The van der Waals surface area contributed by atoms with E-state index in [2.05, 4.69) is 10.2 Å². The minimum atomic E-state index is 0. The molecule has 0 bridgehead atoms. The van der Waals surface area contributed by atoms with E-state index in [1.54, 1.807) is 0 Å². The van der Waals surface area contributed by atoms with E-state index in [4.69, 9.17) is 0 Å². The van der Waals surface area contributed by atoms with E-state index in [1.807, 2.05) is 0 Å². The highest BCUT2D eigenvalue weighted by Crippen LogP contribution is 2.39. The number of piperidine rings is 2. The highest BCUT2D eigenvalue weighted by atomic mass is 35.5. The summed E-state index contributed by atoms with van der Waals surface area (Å²) in [5, 5.41) is 3.46. The monoisotopic (exact) mass is 314 g/mol. The number of amides is 1. The van der Waals surface area contributed by atoms with Crippen molar-refractivity contribution in [2.45, 2.75) is 64.2 Å². The van der Waals surface area contributed by atoms with Crippen LogP contribution < -0.4 is 5.32 Å². The van der Waals surface area contributed by atoms with Gasteiger partial charge in [-0.1, -0.05) is 19.3 Å². The summed E-state index contributed by atoms with van der Waals surface area (Å²) in [6.45, 7) is 4.39. The molecular formula is C17H31ClN2O. The molecule has 1 aliphatic carbocycles. The molecule has 3 nitrogen and oxygen atoms in total. The standard InChI is InChI=1S/C17H30N2O.ClH/c20-16(14-15-4-2-1-3-5-15)19-12-8-17(9-13-19)6-10-18-11-7-17;/h15,18H,1-14H2;1H. The summed E-state index contributed by atoms with van der Waals surface area (Å²) in [5.74, 6) is 1.13. The van der Waals surface area contributed by atoms with Crippen LogP contribution in [0.4, 0.5) is 0 Å². The predicted molar refractivity (Wildman–Crippen MR) is 88.8 cm³/mol. The highest BCUT2D eigenvalue weighted by Gasteiger charge is 2.36. The van der Waals surface area contributed by atoms with Gasteiger partial charge < -0.3 is 10.2 Å². The van der Waals surface area contributed by atoms with Gasteiger partial charge in [-0.25, -0.2) is 0 Å². The summed E-state index contributed by atoms with van der Waals surface area (Å²) in [6.07, 6.45) is 12.6. The van der Waals surface area contributed by atoms with Gasteiger partial charge >= 0.3 is 0 Å². The molecule has 0 radical (unpaired) electrons. The van der Waals surface area contributed by atoms with Gasteiger partial charge in [0, 0.05) is 19.5 Å². The molecule has 2 aliphatic heterocycles. The Morgan fingerprint density at radius 1 is 1.00 bits per heavy atom. The van der Waals surface area contributed by atoms with Crippen LogP contribution in [0.1, 0.15) is 64.2 Å². The lowest BCUT2D eigenvalue weighted by Crippen LogP contribution is -2.47. The summed E-state index contributed by atoms with van der Waals surface area (Å²) in [6, 6.07) is 0. The molecule has 3 rings (SSSR count). The van der Waals surface area contributed by atoms with Crippen LogP contribution in [0.25, 0.3) is 0 Å². The van der Waals surface area contributed by atoms with Crippen molar-refractivity contribution in [3.63, 3.8) is 0 Å². The zero-order chi connectivity index (χ0) is 13.8. The number of nitrogens with zero attached hydrogens (tertiary/aromatic N) is 1. The van der Waals surface area contributed by atoms with Gasteiger partial charge in [0.25, 0.3) is 0 Å². The van der Waals surface area contributed by atoms with E-state index in [0.717, 1.165) is 19.5 Å². The van der Waals surface area contributed by atoms with Gasteiger partial charge in [-0.15, -0.1) is 12.4 Å². The van der Waals surface area contributed by atoms with Crippen LogP contribution in [-0.2, 0) is 4.79 Å². The Morgan fingerprint density at radius 2 is 1.62 bits per heavy atom. The molecule has 1 spiro atoms. The van der Waals surface area contributed by atoms with E-state index in [9.17, 15) is 4.79 Å². The van der Waals surface area contributed by atoms with Crippen molar-refractivity contribution in [2.75, 3.05) is 26.2 Å². The van der Waals surface area contributed by atoms with Crippen molar-refractivity contribution in [2.24, 2.45) is 11.3 Å². The highest BCUT2D eigenvalue weighted by molar-refractivity contribution is 5.85. The van der Waals surface area contributed by atoms with Crippen molar-refractivity contribution in [3.8, 4) is 0 Å². The van der Waals surface area contributed by atoms with Crippen molar-refractivity contribution >= 4 is 18.3 Å². The Morgan fingerprint density at radius 3 is 2.24 bits per heavy atom. The molecule has 1 saturated carbocycles. The number of carbonyl (C=O) groups is 1. The zero-order valence-corrected chi connectivity index (χ0v) is 14.1. The average Bonchev–Trinajstić information content (AvgIpc) is 2.50. The first kappa shape index (κ1) is 17.1. The first-order valence-corrected chi connectivity index (χ1v) is 8.76. The molecule has 3 fully saturated rings. The Bertz CT molecular complexity index is 326. The summed E-state index contributed by atoms with van der Waals surface area (Å²) < 4.78 is 0. The SMILES string of the molecule is Cl.O=C(CC1CCCCC1)N1CCC2(CCNCC2)CC1. The van der Waals surface area contributed by atoms with Crippen molar-refractivity contribution in [3.05, 3.63) is 0 Å². The van der Waals surface area contributed by atoms with Crippen LogP contribution in [0.15, 0.2) is 0 Å². The van der Waals surface area contributed by atoms with Gasteiger partial charge in [0.1, 0.15) is 0 Å². The number of likely N-dealkylation sites (tertiary alicyclic amines) is 1. The molecule has 0 atom stereocenters. The topological polar surface area (TPSA) is 32.3 Å². The van der Waals surface area contributed by atoms with Crippen molar-refractivity contribution in [1.82, 2.24) is 10.2 Å². The molecule has 4 heteroatoms. The number of rotatable bonds is 2. The number of hydrogen-bond donors (Lipinski definition) is 1. The molecule has 122 valence electrons. The first-order valence-electron chi connectivity index (χ1n) is 8.76. The molecule has 1 N–H and O–H groups in total. The third kappa shape index (κ3) is 4.35. The molecule has 21 heavy (non-hydrogen) atoms. The maximum atomic E-state index is 12.5. The minimum absolute atomic E-state index is 0. The summed E-state index contributed by atoms with van der Waals surface area (Å²) in [4.78, 5) is 14.6. The molecule has 0 unspecified atom stereocenters. The predicted octanol–water partition coefficient (Wildman–Crippen LogP) is 3.37. The normalized spacial score (nSPS) is 26.4. The third-order valence-corrected chi connectivity index (χ3v) is 6.03. The molecule has 3 aliphatic rings. The number of carbonyl (C=O) groups excluding carboxylic acids is 1. The quantitative estimate of drug-likeness (QED) is 0.847. The van der Waals surface area contributed by atoms with E-state index in [0.29, 0.717) is 17.2 Å². The third-order valence-electron chi connectivity index (χ3n) is 6.03. The van der Waals surface area contributed by atoms with Gasteiger partial charge in [0.2, 0.25) is 5.91 Å². The Labute approximate surface area is 135 Å². The molecule has 0 aromatic carbocycles. The largest absolute Gasteiger partial charge is 0.343 e. The number of nitrogens with one attached hydrogen (secondary N) is 1. The number of halogens is 1. The Balaban J connectivity index is 0.00000161. The van der Waals surface area contributed by atoms with Crippen LogP contribution >= 0.6 is 12.4 Å². The zero-order valence-electron chi connectivity index (χ0n) is 13.2. The lowest BCUT2D eigenvalue weighted by molar-refractivity contribution is -0.135. The first-order chi connectivity index (χ1) is 9.77. The van der Waals surface area contributed by atoms with Crippen LogP contribution in [-0.4, -0.2) is 37.0 Å². The van der Waals surface area contributed by atoms with E-state index in [-0.39, 0.29) is 12.4 Å². The Kier molecular flexibility index (Phi) is 6.36. The average molecular weight is 315 g/mol. The van der Waals surface area contributed by atoms with Gasteiger partial charge in [-0.3, -0.25) is 4.79 Å². The molecule has 0 aromatic rings. The van der Waals surface area contributed by atoms with Gasteiger partial charge in [0.15, 0.2) is 0 Å². The Hall–Kier alpha value is -0.280. The van der Waals surface area contributed by atoms with Crippen molar-refractivity contribution < 1.29 is 4.79 Å². The van der Waals surface area contributed by atoms with Crippen LogP contribution in [0, 0.1) is 11.3 Å². The smallest absolute Gasteiger partial charge is 0.222 e. The molecule has 1 amide bonds. The van der Waals surface area contributed by atoms with Gasteiger partial charge in [-0.2, -0.15) is 0 Å². The lowest BCUT2D eigenvalue weighted by atomic mass is 9.71. The van der Waals surface area contributed by atoms with E-state index in [1.165, 1.54) is 70.9 Å². The van der Waals surface area contributed by atoms with E-state index >= 15 is 0 Å². The lowest BCUT2D eigenvalue weighted by Gasteiger charge is -2.44. The maximum absolute atomic E-state index is 12.5. The van der Waals surface area contributed by atoms with Crippen LogP contribution in [0.2, 0.25) is 0 Å². The van der Waals surface area contributed by atoms with Gasteiger partial charge in [0.05, 0.1) is 0 Å². The maximum Gasteiger partial charge on any atom is 0.222 e. The van der Waals surface area contributed by atoms with Crippen LogP contribution in [0.3, 0.4) is 0 Å². The fourth-order valence-corrected chi connectivity index (χ4v) is 4.45. The summed E-state index contributed by atoms with van der Waals surface area (Å²) in [7, 11) is 0. The number of hydrogen-bond acceptors (Lipinski definition) is 2. The van der Waals surface area contributed by atoms with Crippen molar-refractivity contribution in [1.29, 1.82) is 0 Å². The van der Waals surface area contributed by atoms with E-state index < -0.39 is 0 Å². The summed E-state index contributed by atoms with van der Waals surface area (Å²) >= 11 is 0. The second kappa shape index (κ2) is 7.82. The molecule has 2 heterocycles. The second-order valence-corrected chi connectivity index (χ2v) is 7.34. The summed E-state index contributed by atoms with van der Waals surface area (Å²) in [5.41, 5.74) is 0.562.